The number of aryl methyl sites for hydroxylation is 2. The molecule has 0 amide bonds. The average Bonchev–Trinajstić information content (AvgIpc) is 3.29. The number of rotatable bonds is 5. The zero-order valence-electron chi connectivity index (χ0n) is 17.1. The molecule has 3 aromatic rings. The van der Waals surface area contributed by atoms with Gasteiger partial charge in [0.25, 0.3) is 10.4 Å². The second kappa shape index (κ2) is 9.28. The molecule has 12 heteroatoms. The van der Waals surface area contributed by atoms with E-state index in [2.05, 4.69) is 13.2 Å². The normalized spacial score (nSPS) is 14.5. The lowest BCUT2D eigenvalue weighted by Gasteiger charge is -2.17. The van der Waals surface area contributed by atoms with E-state index >= 15 is 0 Å². The highest BCUT2D eigenvalue weighted by Crippen LogP contribution is 2.47. The fourth-order valence-corrected chi connectivity index (χ4v) is 6.03. The quantitative estimate of drug-likeness (QED) is 0.303. The van der Waals surface area contributed by atoms with Gasteiger partial charge in [-0.05, 0) is 32.0 Å². The summed E-state index contributed by atoms with van der Waals surface area (Å²) in [6.45, 7) is 9.39. The first kappa shape index (κ1) is 24.3. The maximum atomic E-state index is 11.5. The van der Waals surface area contributed by atoms with Crippen LogP contribution in [-0.2, 0) is 20.8 Å². The zero-order chi connectivity index (χ0) is 23.8. The molecule has 0 fully saturated rings. The summed E-state index contributed by atoms with van der Waals surface area (Å²) in [6, 6.07) is 5.15. The number of hydrogen-bond donors (Lipinski definition) is 1. The maximum Gasteiger partial charge on any atom is 0.378 e. The van der Waals surface area contributed by atoms with E-state index in [-0.39, 0.29) is 12.4 Å². The number of anilines is 1. The van der Waals surface area contributed by atoms with Crippen molar-refractivity contribution in [3.63, 3.8) is 0 Å². The minimum Gasteiger partial charge on any atom is -0.743 e. The smallest absolute Gasteiger partial charge is 0.378 e. The molecule has 0 saturated heterocycles. The first-order valence-electron chi connectivity index (χ1n) is 9.08. The molecule has 1 aliphatic heterocycles. The molecule has 1 N–H and O–H groups in total. The monoisotopic (exact) mass is 514 g/mol. The predicted octanol–water partition coefficient (Wildman–Crippen LogP) is 4.35. The van der Waals surface area contributed by atoms with Gasteiger partial charge in [-0.25, -0.2) is 8.42 Å². The van der Waals surface area contributed by atoms with Crippen LogP contribution in [-0.4, -0.2) is 30.6 Å². The topological polar surface area (TPSA) is 115 Å². The number of hydrogen-bond acceptors (Lipinski definition) is 8. The van der Waals surface area contributed by atoms with Crippen LogP contribution in [0.25, 0.3) is 16.5 Å². The number of aliphatic carboxylic acids is 1. The molecule has 0 aliphatic carbocycles. The number of carboxylic acid groups (broad SMARTS) is 1. The van der Waals surface area contributed by atoms with Gasteiger partial charge in [0.2, 0.25) is 5.88 Å². The summed E-state index contributed by atoms with van der Waals surface area (Å²) in [5, 5.41) is 10.3. The Hall–Kier alpha value is -2.31. The Labute approximate surface area is 198 Å². The molecular weight excluding hydrogens is 496 g/mol. The van der Waals surface area contributed by atoms with Crippen molar-refractivity contribution in [1.29, 1.82) is 0 Å². The summed E-state index contributed by atoms with van der Waals surface area (Å²) in [4.78, 5) is 15.2. The minimum absolute atomic E-state index is 0.149. The number of nitrogens with zero attached hydrogens (tertiary/aromatic N) is 2. The van der Waals surface area contributed by atoms with E-state index in [9.17, 15) is 22.9 Å². The third kappa shape index (κ3) is 4.86. The fourth-order valence-electron chi connectivity index (χ4n) is 3.21. The van der Waals surface area contributed by atoms with E-state index in [1.807, 2.05) is 13.8 Å². The largest absolute Gasteiger partial charge is 0.743 e. The Bertz CT molecular complexity index is 1340. The summed E-state index contributed by atoms with van der Waals surface area (Å²) in [7, 11) is -4.60. The van der Waals surface area contributed by atoms with Gasteiger partial charge in [-0.3, -0.25) is 4.79 Å². The third-order valence-electron chi connectivity index (χ3n) is 4.58. The van der Waals surface area contributed by atoms with Gasteiger partial charge in [-0.2, -0.15) is 0 Å². The highest BCUT2D eigenvalue weighted by molar-refractivity contribution is 8.03. The molecule has 1 aliphatic rings. The average molecular weight is 515 g/mol. The number of thioether (sulfide) groups is 1. The van der Waals surface area contributed by atoms with Gasteiger partial charge >= 0.3 is 11.9 Å². The van der Waals surface area contributed by atoms with Crippen LogP contribution in [0.2, 0.25) is 5.02 Å². The summed E-state index contributed by atoms with van der Waals surface area (Å²) in [5.74, 6) is -1.69. The first-order valence-corrected chi connectivity index (χ1v) is 12.7. The number of fused-ring (bicyclic) bond motifs is 2. The Kier molecular flexibility index (Phi) is 7.06. The molecular formula is C20H19ClN2O6S3. The third-order valence-corrected chi connectivity index (χ3v) is 7.57. The number of thiophene rings is 1. The molecule has 1 aromatic carbocycles. The van der Waals surface area contributed by atoms with Crippen molar-refractivity contribution in [3.8, 4) is 0 Å². The first-order chi connectivity index (χ1) is 15.0. The standard InChI is InChI=1S/C18H15ClN2O6S3.C2H4/c1-9-10(2)28-18-17(9)21(8-30(24,25)26)14(27-18)6-15-20(7-16(22)23)12-5-11(19)3-4-13(12)29-15;1-2/h3-6H,7-8H2,1-2H3,(H-,22,23,24,25,26);1-2H2. The molecule has 0 bridgehead atoms. The Morgan fingerprint density at radius 3 is 2.69 bits per heavy atom. The molecule has 170 valence electrons. The van der Waals surface area contributed by atoms with Gasteiger partial charge in [0, 0.05) is 20.4 Å². The number of halogens is 1. The van der Waals surface area contributed by atoms with E-state index < -0.39 is 22.0 Å². The second-order valence-electron chi connectivity index (χ2n) is 6.65. The van der Waals surface area contributed by atoms with Gasteiger partial charge in [-0.15, -0.1) is 17.7 Å². The SMILES string of the molecule is C=C.Cc1sc2oc(C=C3Sc4ccc(Cl)cc4N3CC(=O)O)[n+](CS(=O)(=O)[O-])c2c1C. The van der Waals surface area contributed by atoms with Gasteiger partial charge in [0.05, 0.1) is 16.8 Å². The van der Waals surface area contributed by atoms with Crippen molar-refractivity contribution < 1.29 is 31.9 Å². The summed E-state index contributed by atoms with van der Waals surface area (Å²) in [6.07, 6.45) is 1.55. The van der Waals surface area contributed by atoms with Crippen LogP contribution >= 0.6 is 34.7 Å². The van der Waals surface area contributed by atoms with Crippen LogP contribution in [0.1, 0.15) is 16.3 Å². The second-order valence-corrected chi connectivity index (χ2v) is 10.7. The molecule has 0 radical (unpaired) electrons. The minimum atomic E-state index is -4.60. The Morgan fingerprint density at radius 1 is 1.38 bits per heavy atom. The summed E-state index contributed by atoms with van der Waals surface area (Å²) in [5.41, 5.74) is 1.99. The molecule has 3 heterocycles. The summed E-state index contributed by atoms with van der Waals surface area (Å²) >= 11 is 8.73. The van der Waals surface area contributed by atoms with Crippen LogP contribution < -0.4 is 9.47 Å². The number of oxazole rings is 1. The van der Waals surface area contributed by atoms with E-state index in [0.29, 0.717) is 26.2 Å². The van der Waals surface area contributed by atoms with E-state index in [1.54, 1.807) is 29.2 Å². The van der Waals surface area contributed by atoms with Gasteiger partial charge in [0.1, 0.15) is 6.54 Å². The zero-order valence-corrected chi connectivity index (χ0v) is 20.3. The predicted molar refractivity (Wildman–Crippen MR) is 125 cm³/mol. The Balaban J connectivity index is 0.00000141. The van der Waals surface area contributed by atoms with Crippen molar-refractivity contribution in [3.05, 3.63) is 57.7 Å². The number of carboxylic acids is 1. The number of aromatic nitrogens is 1. The van der Waals surface area contributed by atoms with Gasteiger partial charge < -0.3 is 19.0 Å². The van der Waals surface area contributed by atoms with Crippen LogP contribution in [0, 0.1) is 13.8 Å². The van der Waals surface area contributed by atoms with Crippen molar-refractivity contribution >= 4 is 73.0 Å². The van der Waals surface area contributed by atoms with Crippen molar-refractivity contribution in [2.75, 3.05) is 11.4 Å². The maximum absolute atomic E-state index is 11.5. The molecule has 0 unspecified atom stereocenters. The van der Waals surface area contributed by atoms with E-state index in [0.717, 1.165) is 15.3 Å². The molecule has 4 rings (SSSR count). The fraction of sp³-hybridized carbons (Fsp3) is 0.200. The lowest BCUT2D eigenvalue weighted by molar-refractivity contribution is -0.658. The molecule has 8 nitrogen and oxygen atoms in total. The van der Waals surface area contributed by atoms with Crippen molar-refractivity contribution in [2.45, 2.75) is 24.6 Å². The van der Waals surface area contributed by atoms with Gasteiger partial charge in [0.15, 0.2) is 10.1 Å². The lowest BCUT2D eigenvalue weighted by Crippen LogP contribution is -2.39. The number of benzene rings is 1. The molecule has 0 atom stereocenters. The molecule has 0 spiro atoms. The lowest BCUT2D eigenvalue weighted by atomic mass is 10.3. The molecule has 0 saturated carbocycles. The van der Waals surface area contributed by atoms with E-state index in [4.69, 9.17) is 16.0 Å². The van der Waals surface area contributed by atoms with Crippen LogP contribution in [0.3, 0.4) is 0 Å². The van der Waals surface area contributed by atoms with E-state index in [1.165, 1.54) is 27.7 Å². The Morgan fingerprint density at radius 2 is 2.06 bits per heavy atom. The van der Waals surface area contributed by atoms with Gasteiger partial charge in [-0.1, -0.05) is 34.7 Å². The highest BCUT2D eigenvalue weighted by Gasteiger charge is 2.32. The molecule has 32 heavy (non-hydrogen) atoms. The van der Waals surface area contributed by atoms with Crippen LogP contribution in [0.5, 0.6) is 0 Å². The van der Waals surface area contributed by atoms with Crippen molar-refractivity contribution in [1.82, 2.24) is 0 Å². The number of carbonyl (C=O) groups is 1. The van der Waals surface area contributed by atoms with Crippen LogP contribution in [0.4, 0.5) is 5.69 Å². The van der Waals surface area contributed by atoms with Crippen molar-refractivity contribution in [2.24, 2.45) is 0 Å². The summed E-state index contributed by atoms with van der Waals surface area (Å²) < 4.78 is 41.8. The highest BCUT2D eigenvalue weighted by atomic mass is 35.5. The molecule has 2 aromatic heterocycles. The van der Waals surface area contributed by atoms with Crippen LogP contribution in [0.15, 0.2) is 45.7 Å².